The highest BCUT2D eigenvalue weighted by atomic mass is 35.5. The number of nitrogens with zero attached hydrogens (tertiary/aromatic N) is 5. The van der Waals surface area contributed by atoms with Gasteiger partial charge in [0.1, 0.15) is 34.7 Å². The molecule has 1 aliphatic carbocycles. The average Bonchev–Trinajstić information content (AvgIpc) is 2.92. The summed E-state index contributed by atoms with van der Waals surface area (Å²) in [6, 6.07) is 5.82. The molecule has 0 bridgehead atoms. The third-order valence-corrected chi connectivity index (χ3v) is 7.21. The number of aryl methyl sites for hydroxylation is 2. The maximum atomic E-state index is 14.0. The van der Waals surface area contributed by atoms with Crippen LogP contribution >= 0.6 is 11.6 Å². The van der Waals surface area contributed by atoms with Gasteiger partial charge in [0.25, 0.3) is 5.56 Å². The van der Waals surface area contributed by atoms with Crippen LogP contribution in [0.2, 0.25) is 5.02 Å². The highest BCUT2D eigenvalue weighted by Gasteiger charge is 2.23. The molecule has 0 saturated heterocycles. The van der Waals surface area contributed by atoms with E-state index in [1.165, 1.54) is 4.57 Å². The third kappa shape index (κ3) is 5.67. The van der Waals surface area contributed by atoms with E-state index in [0.29, 0.717) is 34.7 Å². The zero-order valence-corrected chi connectivity index (χ0v) is 22.1. The maximum Gasteiger partial charge on any atom is 0.277 e. The first-order chi connectivity index (χ1) is 18.7. The molecule has 0 atom stereocenters. The Morgan fingerprint density at radius 2 is 1.82 bits per heavy atom. The fourth-order valence-electron chi connectivity index (χ4n) is 4.72. The van der Waals surface area contributed by atoms with Crippen LogP contribution in [0.15, 0.2) is 47.7 Å². The fraction of sp³-hybridized carbons (Fsp3) is 0.321. The minimum absolute atomic E-state index is 0.0610. The van der Waals surface area contributed by atoms with Crippen LogP contribution < -0.4 is 10.3 Å². The maximum absolute atomic E-state index is 14.0. The first-order valence-electron chi connectivity index (χ1n) is 12.5. The quantitative estimate of drug-likeness (QED) is 0.349. The van der Waals surface area contributed by atoms with Crippen molar-refractivity contribution in [2.45, 2.75) is 58.2 Å². The van der Waals surface area contributed by atoms with Crippen LogP contribution in [-0.4, -0.2) is 35.7 Å². The molecule has 202 valence electrons. The number of hydrogen-bond acceptors (Lipinski definition) is 7. The number of hydrogen-bond donors (Lipinski definition) is 1. The van der Waals surface area contributed by atoms with E-state index in [0.717, 1.165) is 37.4 Å². The predicted octanol–water partition coefficient (Wildman–Crippen LogP) is 5.23. The highest BCUT2D eigenvalue weighted by molar-refractivity contribution is 6.31. The normalized spacial score (nSPS) is 17.3. The van der Waals surface area contributed by atoms with E-state index in [9.17, 15) is 18.7 Å². The molecule has 1 saturated carbocycles. The Morgan fingerprint density at radius 1 is 1.05 bits per heavy atom. The van der Waals surface area contributed by atoms with Crippen molar-refractivity contribution in [1.82, 2.24) is 24.5 Å². The van der Waals surface area contributed by atoms with Gasteiger partial charge in [0.05, 0.1) is 29.4 Å². The molecule has 1 aliphatic rings. The van der Waals surface area contributed by atoms with Gasteiger partial charge in [-0.25, -0.2) is 18.7 Å². The van der Waals surface area contributed by atoms with Crippen LogP contribution in [0.3, 0.4) is 0 Å². The summed E-state index contributed by atoms with van der Waals surface area (Å²) >= 11 is 6.39. The Morgan fingerprint density at radius 3 is 2.56 bits per heavy atom. The number of ether oxygens (including phenoxy) is 1. The van der Waals surface area contributed by atoms with Gasteiger partial charge in [0, 0.05) is 36.1 Å². The van der Waals surface area contributed by atoms with Crippen molar-refractivity contribution in [3.63, 3.8) is 0 Å². The summed E-state index contributed by atoms with van der Waals surface area (Å²) in [6.45, 7) is 3.22. The van der Waals surface area contributed by atoms with Crippen molar-refractivity contribution in [2.75, 3.05) is 0 Å². The molecule has 1 fully saturated rings. The second kappa shape index (κ2) is 11.2. The summed E-state index contributed by atoms with van der Waals surface area (Å²) < 4.78 is 34.1. The number of pyridine rings is 3. The molecule has 1 N–H and O–H groups in total. The Hall–Kier alpha value is -3.76. The molecule has 11 heteroatoms. The molecule has 0 unspecified atom stereocenters. The van der Waals surface area contributed by atoms with Gasteiger partial charge in [-0.05, 0) is 57.2 Å². The summed E-state index contributed by atoms with van der Waals surface area (Å²) in [4.78, 5) is 30.8. The van der Waals surface area contributed by atoms with Gasteiger partial charge in [-0.15, -0.1) is 0 Å². The van der Waals surface area contributed by atoms with E-state index < -0.39 is 17.2 Å². The fourth-order valence-corrected chi connectivity index (χ4v) is 4.92. The second-order valence-electron chi connectivity index (χ2n) is 9.64. The molecule has 8 nitrogen and oxygen atoms in total. The van der Waals surface area contributed by atoms with Gasteiger partial charge in [0.2, 0.25) is 0 Å². The smallest absolute Gasteiger partial charge is 0.277 e. The molecular weight excluding hydrogens is 528 g/mol. The van der Waals surface area contributed by atoms with Crippen molar-refractivity contribution in [3.05, 3.63) is 92.6 Å². The van der Waals surface area contributed by atoms with Crippen molar-refractivity contribution in [1.29, 1.82) is 0 Å². The highest BCUT2D eigenvalue weighted by Crippen LogP contribution is 2.32. The molecule has 0 radical (unpaired) electrons. The molecule has 5 rings (SSSR count). The van der Waals surface area contributed by atoms with E-state index in [1.807, 2.05) is 6.92 Å². The van der Waals surface area contributed by atoms with Crippen LogP contribution in [0, 0.1) is 25.5 Å². The van der Waals surface area contributed by atoms with Gasteiger partial charge in [0.15, 0.2) is 5.82 Å². The zero-order valence-electron chi connectivity index (χ0n) is 21.4. The Bertz CT molecular complexity index is 1590. The monoisotopic (exact) mass is 553 g/mol. The summed E-state index contributed by atoms with van der Waals surface area (Å²) in [5.41, 5.74) is 2.39. The van der Waals surface area contributed by atoms with Gasteiger partial charge in [-0.2, -0.15) is 0 Å². The van der Waals surface area contributed by atoms with Crippen LogP contribution in [0.4, 0.5) is 8.78 Å². The van der Waals surface area contributed by atoms with Crippen LogP contribution in [-0.2, 0) is 6.61 Å². The minimum atomic E-state index is -0.856. The molecule has 4 aromatic rings. The number of aromatic nitrogens is 5. The summed E-state index contributed by atoms with van der Waals surface area (Å²) in [5, 5.41) is 9.64. The van der Waals surface area contributed by atoms with Crippen LogP contribution in [0.25, 0.3) is 17.1 Å². The van der Waals surface area contributed by atoms with E-state index >= 15 is 0 Å². The third-order valence-electron chi connectivity index (χ3n) is 6.86. The van der Waals surface area contributed by atoms with Gasteiger partial charge >= 0.3 is 0 Å². The lowest BCUT2D eigenvalue weighted by molar-refractivity contribution is 0.121. The Labute approximate surface area is 228 Å². The summed E-state index contributed by atoms with van der Waals surface area (Å²) in [7, 11) is 0. The van der Waals surface area contributed by atoms with Crippen LogP contribution in [0.1, 0.15) is 54.4 Å². The Kier molecular flexibility index (Phi) is 7.67. The predicted molar refractivity (Wildman–Crippen MR) is 141 cm³/mol. The van der Waals surface area contributed by atoms with Gasteiger partial charge in [-0.3, -0.25) is 19.3 Å². The zero-order chi connectivity index (χ0) is 27.7. The minimum Gasteiger partial charge on any atom is -0.485 e. The number of aliphatic hydroxyl groups excluding tert-OH is 1. The number of rotatable bonds is 6. The number of halogens is 3. The molecule has 4 aromatic heterocycles. The standard InChI is InChI=1S/C28H26ClF2N5O3/c1-15-12-33-22(21-7-8-32-27(35-21)17-3-5-19(37)6-4-17)11-24(15)36-16(2)9-25(26(29)28(36)38)39-14-23-20(31)10-18(30)13-34-23/h7-13,17,19,37H,3-6,14H2,1-2H3. The second-order valence-corrected chi connectivity index (χ2v) is 10.0. The number of aliphatic hydroxyl groups is 1. The van der Waals surface area contributed by atoms with Gasteiger partial charge in [-0.1, -0.05) is 11.6 Å². The first kappa shape index (κ1) is 26.8. The Balaban J connectivity index is 1.45. The molecule has 4 heterocycles. The van der Waals surface area contributed by atoms with Crippen molar-refractivity contribution >= 4 is 11.6 Å². The lowest BCUT2D eigenvalue weighted by Gasteiger charge is -2.24. The first-order valence-corrected chi connectivity index (χ1v) is 12.9. The lowest BCUT2D eigenvalue weighted by atomic mass is 9.87. The van der Waals surface area contributed by atoms with Crippen molar-refractivity contribution in [3.8, 4) is 22.8 Å². The SMILES string of the molecule is Cc1cnc(-c2ccnc(C3CCC(O)CC3)n2)cc1-n1c(C)cc(OCc2ncc(F)cc2F)c(Cl)c1=O. The molecule has 0 aromatic carbocycles. The lowest BCUT2D eigenvalue weighted by Crippen LogP contribution is -2.23. The van der Waals surface area contributed by atoms with E-state index in [-0.39, 0.29) is 35.1 Å². The van der Waals surface area contributed by atoms with Gasteiger partial charge < -0.3 is 9.84 Å². The molecule has 39 heavy (non-hydrogen) atoms. The van der Waals surface area contributed by atoms with E-state index in [4.69, 9.17) is 21.3 Å². The average molecular weight is 554 g/mol. The van der Waals surface area contributed by atoms with Crippen molar-refractivity contribution < 1.29 is 18.6 Å². The van der Waals surface area contributed by atoms with E-state index in [2.05, 4.69) is 15.0 Å². The largest absolute Gasteiger partial charge is 0.485 e. The van der Waals surface area contributed by atoms with Crippen molar-refractivity contribution in [2.24, 2.45) is 0 Å². The summed E-state index contributed by atoms with van der Waals surface area (Å²) in [5.74, 6) is -0.704. The summed E-state index contributed by atoms with van der Waals surface area (Å²) in [6.07, 6.45) is 7.07. The molecule has 0 spiro atoms. The molecule has 0 amide bonds. The van der Waals surface area contributed by atoms with E-state index in [1.54, 1.807) is 37.5 Å². The van der Waals surface area contributed by atoms with Crippen LogP contribution in [0.5, 0.6) is 5.75 Å². The molecule has 0 aliphatic heterocycles. The topological polar surface area (TPSA) is 103 Å². The molecular formula is C28H26ClF2N5O3.